The van der Waals surface area contributed by atoms with Gasteiger partial charge in [0.2, 0.25) is 0 Å². The summed E-state index contributed by atoms with van der Waals surface area (Å²) in [6, 6.07) is 0.887. The van der Waals surface area contributed by atoms with Crippen molar-refractivity contribution in [3.63, 3.8) is 0 Å². The van der Waals surface area contributed by atoms with Crippen molar-refractivity contribution in [2.45, 2.75) is 32.2 Å². The molecular weight excluding hydrogens is 110 g/mol. The van der Waals surface area contributed by atoms with E-state index in [0.29, 0.717) is 0 Å². The van der Waals surface area contributed by atoms with Gasteiger partial charge in [-0.05, 0) is 37.6 Å². The number of rotatable bonds is 2. The van der Waals surface area contributed by atoms with Crippen molar-refractivity contribution in [1.82, 2.24) is 5.32 Å². The van der Waals surface area contributed by atoms with Crippen LogP contribution in [-0.2, 0) is 0 Å². The highest BCUT2D eigenvalue weighted by atomic mass is 15.0. The molecule has 0 aromatic carbocycles. The third kappa shape index (κ3) is 0.877. The Morgan fingerprint density at radius 1 is 1.44 bits per heavy atom. The minimum atomic E-state index is 0.887. The first-order chi connectivity index (χ1) is 4.42. The molecule has 1 saturated carbocycles. The maximum absolute atomic E-state index is 3.47. The highest BCUT2D eigenvalue weighted by Gasteiger charge is 2.40. The second kappa shape index (κ2) is 1.98. The Kier molecular flexibility index (Phi) is 1.26. The molecule has 2 aliphatic rings. The molecule has 1 heteroatoms. The molecule has 1 aliphatic carbocycles. The normalized spacial score (nSPS) is 42.3. The monoisotopic (exact) mass is 125 g/mol. The van der Waals surface area contributed by atoms with Gasteiger partial charge < -0.3 is 5.32 Å². The molecule has 2 rings (SSSR count). The predicted octanol–water partition coefficient (Wildman–Crippen LogP) is 1.39. The molecule has 0 radical (unpaired) electrons. The van der Waals surface area contributed by atoms with Crippen molar-refractivity contribution in [3.05, 3.63) is 0 Å². The van der Waals surface area contributed by atoms with E-state index in [4.69, 9.17) is 0 Å². The number of hydrogen-bond donors (Lipinski definition) is 1. The first-order valence-electron chi connectivity index (χ1n) is 4.15. The molecule has 9 heavy (non-hydrogen) atoms. The maximum Gasteiger partial charge on any atom is 0.0108 e. The third-order valence-electron chi connectivity index (χ3n) is 2.80. The van der Waals surface area contributed by atoms with Crippen LogP contribution in [0.1, 0.15) is 26.2 Å². The SMILES string of the molecule is CCC1NC[C@@H]1C1CC1. The van der Waals surface area contributed by atoms with Crippen LogP contribution in [0.2, 0.25) is 0 Å². The van der Waals surface area contributed by atoms with Crippen LogP contribution < -0.4 is 5.32 Å². The summed E-state index contributed by atoms with van der Waals surface area (Å²) in [5, 5.41) is 3.47. The number of hydrogen-bond acceptors (Lipinski definition) is 1. The van der Waals surface area contributed by atoms with Gasteiger partial charge in [-0.15, -0.1) is 0 Å². The van der Waals surface area contributed by atoms with E-state index in [1.165, 1.54) is 25.8 Å². The van der Waals surface area contributed by atoms with Crippen molar-refractivity contribution < 1.29 is 0 Å². The Morgan fingerprint density at radius 2 is 2.22 bits per heavy atom. The molecule has 1 unspecified atom stereocenters. The standard InChI is InChI=1S/C8H15N/c1-2-8-7(5-9-8)6-3-4-6/h6-9H,2-5H2,1H3/t7-,8?/m1/s1. The van der Waals surface area contributed by atoms with Crippen LogP contribution in [0.5, 0.6) is 0 Å². The summed E-state index contributed by atoms with van der Waals surface area (Å²) in [5.74, 6) is 2.19. The Morgan fingerprint density at radius 3 is 2.56 bits per heavy atom. The zero-order valence-corrected chi connectivity index (χ0v) is 6.06. The van der Waals surface area contributed by atoms with Crippen LogP contribution in [0.25, 0.3) is 0 Å². The van der Waals surface area contributed by atoms with Crippen LogP contribution in [0, 0.1) is 11.8 Å². The van der Waals surface area contributed by atoms with Crippen LogP contribution >= 0.6 is 0 Å². The lowest BCUT2D eigenvalue weighted by Gasteiger charge is -2.37. The smallest absolute Gasteiger partial charge is 0.0108 e. The van der Waals surface area contributed by atoms with E-state index < -0.39 is 0 Å². The van der Waals surface area contributed by atoms with Crippen molar-refractivity contribution in [3.8, 4) is 0 Å². The topological polar surface area (TPSA) is 12.0 Å². The highest BCUT2D eigenvalue weighted by molar-refractivity contribution is 4.96. The summed E-state index contributed by atoms with van der Waals surface area (Å²) in [6.07, 6.45) is 4.37. The fourth-order valence-electron chi connectivity index (χ4n) is 1.89. The molecular formula is C8H15N. The quantitative estimate of drug-likeness (QED) is 0.588. The zero-order valence-electron chi connectivity index (χ0n) is 6.06. The number of nitrogens with one attached hydrogen (secondary N) is 1. The van der Waals surface area contributed by atoms with Gasteiger partial charge in [-0.25, -0.2) is 0 Å². The second-order valence-corrected chi connectivity index (χ2v) is 3.42. The van der Waals surface area contributed by atoms with Gasteiger partial charge >= 0.3 is 0 Å². The molecule has 0 amide bonds. The van der Waals surface area contributed by atoms with Crippen LogP contribution in [0.3, 0.4) is 0 Å². The molecule has 1 nitrogen and oxygen atoms in total. The van der Waals surface area contributed by atoms with E-state index >= 15 is 0 Å². The molecule has 2 fully saturated rings. The van der Waals surface area contributed by atoms with E-state index in [9.17, 15) is 0 Å². The first kappa shape index (κ1) is 5.72. The molecule has 0 spiro atoms. The van der Waals surface area contributed by atoms with Crippen molar-refractivity contribution in [2.24, 2.45) is 11.8 Å². The van der Waals surface area contributed by atoms with E-state index in [-0.39, 0.29) is 0 Å². The summed E-state index contributed by atoms with van der Waals surface area (Å²) < 4.78 is 0. The van der Waals surface area contributed by atoms with Crippen molar-refractivity contribution in [1.29, 1.82) is 0 Å². The van der Waals surface area contributed by atoms with Crippen molar-refractivity contribution >= 4 is 0 Å². The summed E-state index contributed by atoms with van der Waals surface area (Å²) >= 11 is 0. The van der Waals surface area contributed by atoms with Crippen LogP contribution in [-0.4, -0.2) is 12.6 Å². The molecule has 1 heterocycles. The summed E-state index contributed by atoms with van der Waals surface area (Å²) in [6.45, 7) is 3.59. The van der Waals surface area contributed by atoms with Gasteiger partial charge in [-0.2, -0.15) is 0 Å². The average molecular weight is 125 g/mol. The Hall–Kier alpha value is -0.0400. The average Bonchev–Trinajstić information content (AvgIpc) is 2.48. The first-order valence-corrected chi connectivity index (χ1v) is 4.15. The fraction of sp³-hybridized carbons (Fsp3) is 1.00. The Balaban J connectivity index is 1.83. The van der Waals surface area contributed by atoms with Gasteiger partial charge in [0.1, 0.15) is 0 Å². The highest BCUT2D eigenvalue weighted by Crippen LogP contribution is 2.41. The minimum absolute atomic E-state index is 0.887. The largest absolute Gasteiger partial charge is 0.313 e. The minimum Gasteiger partial charge on any atom is -0.313 e. The molecule has 1 saturated heterocycles. The van der Waals surface area contributed by atoms with E-state index in [1.807, 2.05) is 0 Å². The molecule has 0 aromatic heterocycles. The van der Waals surface area contributed by atoms with Crippen molar-refractivity contribution in [2.75, 3.05) is 6.54 Å². The lowest BCUT2D eigenvalue weighted by molar-refractivity contribution is 0.198. The molecule has 2 atom stereocenters. The maximum atomic E-state index is 3.47. The molecule has 1 aliphatic heterocycles. The zero-order chi connectivity index (χ0) is 6.27. The third-order valence-corrected chi connectivity index (χ3v) is 2.80. The molecule has 1 N–H and O–H groups in total. The van der Waals surface area contributed by atoms with Gasteiger partial charge in [-0.3, -0.25) is 0 Å². The van der Waals surface area contributed by atoms with Gasteiger partial charge in [0.05, 0.1) is 0 Å². The molecule has 0 bridgehead atoms. The lowest BCUT2D eigenvalue weighted by Crippen LogP contribution is -2.53. The molecule has 52 valence electrons. The predicted molar refractivity (Wildman–Crippen MR) is 38.3 cm³/mol. The Bertz CT molecular complexity index is 105. The lowest BCUT2D eigenvalue weighted by atomic mass is 9.86. The van der Waals surface area contributed by atoms with Gasteiger partial charge in [-0.1, -0.05) is 6.92 Å². The van der Waals surface area contributed by atoms with Gasteiger partial charge in [0, 0.05) is 6.04 Å². The molecule has 0 aromatic rings. The second-order valence-electron chi connectivity index (χ2n) is 3.42. The van der Waals surface area contributed by atoms with Crippen LogP contribution in [0.4, 0.5) is 0 Å². The van der Waals surface area contributed by atoms with E-state index in [0.717, 1.165) is 17.9 Å². The van der Waals surface area contributed by atoms with Crippen LogP contribution in [0.15, 0.2) is 0 Å². The summed E-state index contributed by atoms with van der Waals surface area (Å²) in [5.41, 5.74) is 0. The van der Waals surface area contributed by atoms with E-state index in [2.05, 4.69) is 12.2 Å². The van der Waals surface area contributed by atoms with Gasteiger partial charge in [0.15, 0.2) is 0 Å². The van der Waals surface area contributed by atoms with E-state index in [1.54, 1.807) is 0 Å². The fourth-order valence-corrected chi connectivity index (χ4v) is 1.89. The Labute approximate surface area is 56.8 Å². The summed E-state index contributed by atoms with van der Waals surface area (Å²) in [4.78, 5) is 0. The van der Waals surface area contributed by atoms with Gasteiger partial charge in [0.25, 0.3) is 0 Å². The summed E-state index contributed by atoms with van der Waals surface area (Å²) in [7, 11) is 0.